The second kappa shape index (κ2) is 3.74. The number of nitrogens with zero attached hydrogens (tertiary/aromatic N) is 1. The predicted molar refractivity (Wildman–Crippen MR) is 60.6 cm³/mol. The lowest BCUT2D eigenvalue weighted by Gasteiger charge is -2.11. The van der Waals surface area contributed by atoms with E-state index in [2.05, 4.69) is 4.98 Å². The van der Waals surface area contributed by atoms with Crippen molar-refractivity contribution in [3.05, 3.63) is 42.2 Å². The summed E-state index contributed by atoms with van der Waals surface area (Å²) in [7, 11) is 0. The molecule has 0 spiro atoms. The van der Waals surface area contributed by atoms with Crippen molar-refractivity contribution in [2.24, 2.45) is 0 Å². The van der Waals surface area contributed by atoms with E-state index >= 15 is 0 Å². The Hall–Kier alpha value is -1.64. The van der Waals surface area contributed by atoms with E-state index in [4.69, 9.17) is 4.42 Å². The van der Waals surface area contributed by atoms with Crippen molar-refractivity contribution in [2.75, 3.05) is 0 Å². The molecule has 0 saturated carbocycles. The largest absolute Gasteiger partial charge is 0.448 e. The highest BCUT2D eigenvalue weighted by molar-refractivity contribution is 5.57. The van der Waals surface area contributed by atoms with Crippen LogP contribution in [0, 0.1) is 5.82 Å². The molecule has 0 fully saturated rings. The molecule has 2 aromatic rings. The average molecular weight is 219 g/mol. The van der Waals surface area contributed by atoms with Crippen molar-refractivity contribution in [1.82, 2.24) is 4.98 Å². The van der Waals surface area contributed by atoms with Gasteiger partial charge in [-0.25, -0.2) is 9.37 Å². The highest BCUT2D eigenvalue weighted by atomic mass is 19.1. The van der Waals surface area contributed by atoms with Gasteiger partial charge in [-0.15, -0.1) is 0 Å². The molecule has 0 atom stereocenters. The Balaban J connectivity index is 2.35. The van der Waals surface area contributed by atoms with Gasteiger partial charge in [0.1, 0.15) is 17.8 Å². The zero-order chi connectivity index (χ0) is 11.8. The lowest BCUT2D eigenvalue weighted by atomic mass is 9.97. The van der Waals surface area contributed by atoms with E-state index in [0.717, 1.165) is 11.3 Å². The summed E-state index contributed by atoms with van der Waals surface area (Å²) >= 11 is 0. The van der Waals surface area contributed by atoms with Gasteiger partial charge in [-0.3, -0.25) is 0 Å². The molecule has 1 aromatic heterocycles. The Morgan fingerprint density at radius 2 is 1.75 bits per heavy atom. The molecule has 1 aromatic carbocycles. The molecule has 16 heavy (non-hydrogen) atoms. The minimum absolute atomic E-state index is 0.113. The van der Waals surface area contributed by atoms with Crippen LogP contribution in [0.3, 0.4) is 0 Å². The first-order valence-corrected chi connectivity index (χ1v) is 5.19. The van der Waals surface area contributed by atoms with E-state index in [0.29, 0.717) is 5.89 Å². The van der Waals surface area contributed by atoms with Crippen molar-refractivity contribution >= 4 is 0 Å². The van der Waals surface area contributed by atoms with Crippen LogP contribution in [-0.2, 0) is 5.41 Å². The maximum atomic E-state index is 12.8. The fourth-order valence-electron chi connectivity index (χ4n) is 1.37. The molecule has 2 nitrogen and oxygen atoms in total. The Morgan fingerprint density at radius 3 is 2.25 bits per heavy atom. The number of benzene rings is 1. The lowest BCUT2D eigenvalue weighted by molar-refractivity contribution is 0.392. The number of hydrogen-bond donors (Lipinski definition) is 0. The third-order valence-electron chi connectivity index (χ3n) is 2.29. The van der Waals surface area contributed by atoms with Gasteiger partial charge in [-0.05, 0) is 24.3 Å². The molecule has 0 aliphatic heterocycles. The van der Waals surface area contributed by atoms with Crippen LogP contribution in [0.4, 0.5) is 4.39 Å². The molecule has 1 heterocycles. The van der Waals surface area contributed by atoms with Crippen LogP contribution in [0.2, 0.25) is 0 Å². The number of hydrogen-bond acceptors (Lipinski definition) is 2. The molecule has 0 unspecified atom stereocenters. The molecule has 2 rings (SSSR count). The third-order valence-corrected chi connectivity index (χ3v) is 2.29. The third kappa shape index (κ3) is 2.13. The Labute approximate surface area is 94.1 Å². The molecule has 0 N–H and O–H groups in total. The summed E-state index contributed by atoms with van der Waals surface area (Å²) in [5.41, 5.74) is 1.49. The highest BCUT2D eigenvalue weighted by Gasteiger charge is 2.20. The van der Waals surface area contributed by atoms with Gasteiger partial charge in [-0.1, -0.05) is 20.8 Å². The summed E-state index contributed by atoms with van der Waals surface area (Å²) < 4.78 is 18.2. The molecule has 0 bridgehead atoms. The first-order valence-electron chi connectivity index (χ1n) is 5.19. The van der Waals surface area contributed by atoms with Crippen LogP contribution < -0.4 is 0 Å². The van der Waals surface area contributed by atoms with E-state index in [9.17, 15) is 4.39 Å². The van der Waals surface area contributed by atoms with Gasteiger partial charge in [0.05, 0.1) is 0 Å². The van der Waals surface area contributed by atoms with Crippen molar-refractivity contribution in [3.8, 4) is 11.3 Å². The van der Waals surface area contributed by atoms with Gasteiger partial charge in [-0.2, -0.15) is 0 Å². The summed E-state index contributed by atoms with van der Waals surface area (Å²) in [5, 5.41) is 0. The Kier molecular flexibility index (Phi) is 2.54. The monoisotopic (exact) mass is 219 g/mol. The van der Waals surface area contributed by atoms with Crippen LogP contribution >= 0.6 is 0 Å². The summed E-state index contributed by atoms with van der Waals surface area (Å²) in [6, 6.07) is 6.22. The predicted octanol–water partition coefficient (Wildman–Crippen LogP) is 3.78. The maximum absolute atomic E-state index is 12.8. The van der Waals surface area contributed by atoms with Crippen LogP contribution in [-0.4, -0.2) is 4.98 Å². The Morgan fingerprint density at radius 1 is 1.12 bits per heavy atom. The normalized spacial score (nSPS) is 11.8. The van der Waals surface area contributed by atoms with Gasteiger partial charge in [0, 0.05) is 11.0 Å². The van der Waals surface area contributed by atoms with Crippen LogP contribution in [0.15, 0.2) is 34.9 Å². The van der Waals surface area contributed by atoms with Crippen LogP contribution in [0.25, 0.3) is 11.3 Å². The van der Waals surface area contributed by atoms with E-state index in [1.807, 2.05) is 20.8 Å². The Bertz CT molecular complexity index is 479. The van der Waals surface area contributed by atoms with Gasteiger partial charge in [0.25, 0.3) is 0 Å². The minimum atomic E-state index is -0.247. The maximum Gasteiger partial charge on any atom is 0.199 e. The molecule has 0 saturated heterocycles. The zero-order valence-electron chi connectivity index (χ0n) is 9.62. The smallest absolute Gasteiger partial charge is 0.199 e. The molecule has 3 heteroatoms. The molecular formula is C13H14FNO. The summed E-state index contributed by atoms with van der Waals surface area (Å²) in [4.78, 5) is 4.39. The summed E-state index contributed by atoms with van der Waals surface area (Å²) in [6.07, 6.45) is 1.60. The van der Waals surface area contributed by atoms with Gasteiger partial charge < -0.3 is 4.42 Å². The standard InChI is InChI=1S/C13H14FNO/c1-13(2,3)12-15-11(8-16-12)9-4-6-10(14)7-5-9/h4-8H,1-3H3. The number of rotatable bonds is 1. The molecule has 0 aliphatic carbocycles. The highest BCUT2D eigenvalue weighted by Crippen LogP contribution is 2.25. The molecule has 0 aliphatic rings. The topological polar surface area (TPSA) is 26.0 Å². The SMILES string of the molecule is CC(C)(C)c1nc(-c2ccc(F)cc2)co1. The molecular weight excluding hydrogens is 205 g/mol. The van der Waals surface area contributed by atoms with E-state index in [1.54, 1.807) is 18.4 Å². The fraction of sp³-hybridized carbons (Fsp3) is 0.308. The van der Waals surface area contributed by atoms with E-state index in [1.165, 1.54) is 12.1 Å². The summed E-state index contributed by atoms with van der Waals surface area (Å²) in [6.45, 7) is 6.10. The fourth-order valence-corrected chi connectivity index (χ4v) is 1.37. The molecule has 0 radical (unpaired) electrons. The van der Waals surface area contributed by atoms with Gasteiger partial charge in [0.2, 0.25) is 0 Å². The van der Waals surface area contributed by atoms with Crippen LogP contribution in [0.5, 0.6) is 0 Å². The van der Waals surface area contributed by atoms with Crippen molar-refractivity contribution in [2.45, 2.75) is 26.2 Å². The van der Waals surface area contributed by atoms with E-state index in [-0.39, 0.29) is 11.2 Å². The molecule has 84 valence electrons. The first kappa shape index (κ1) is 10.9. The quantitative estimate of drug-likeness (QED) is 0.729. The second-order valence-electron chi connectivity index (χ2n) is 4.79. The lowest BCUT2D eigenvalue weighted by Crippen LogP contribution is -2.11. The van der Waals surface area contributed by atoms with Crippen molar-refractivity contribution in [3.63, 3.8) is 0 Å². The van der Waals surface area contributed by atoms with Crippen molar-refractivity contribution < 1.29 is 8.81 Å². The second-order valence-corrected chi connectivity index (χ2v) is 4.79. The number of oxazole rings is 1. The minimum Gasteiger partial charge on any atom is -0.448 e. The van der Waals surface area contributed by atoms with Crippen LogP contribution in [0.1, 0.15) is 26.7 Å². The number of halogens is 1. The summed E-state index contributed by atoms with van der Waals surface area (Å²) in [5.74, 6) is 0.440. The first-order chi connectivity index (χ1) is 7.47. The van der Waals surface area contributed by atoms with E-state index < -0.39 is 0 Å². The average Bonchev–Trinajstić information content (AvgIpc) is 2.67. The number of aromatic nitrogens is 1. The van der Waals surface area contributed by atoms with Crippen molar-refractivity contribution in [1.29, 1.82) is 0 Å². The zero-order valence-corrected chi connectivity index (χ0v) is 9.62. The molecule has 0 amide bonds. The van der Waals surface area contributed by atoms with Gasteiger partial charge >= 0.3 is 0 Å². The van der Waals surface area contributed by atoms with Gasteiger partial charge in [0.15, 0.2) is 5.89 Å².